The summed E-state index contributed by atoms with van der Waals surface area (Å²) in [4.78, 5) is 38.5. The third-order valence-electron chi connectivity index (χ3n) is 5.25. The minimum atomic E-state index is -1.03. The van der Waals surface area contributed by atoms with E-state index in [9.17, 15) is 23.2 Å². The standard InChI is InChI=1S/C26H19F2IN2O4/c1-2-35-23-14-16(13-21(29)18(23)11-15-6-5-7-17(27)10-15)12-19-24(32)30-26(34)31(25(19)33)22-9-4-3-8-20(22)28/h3-10,12-14H,2,11H2,1H3,(H,30,32,34)/b19-12-. The number of imide groups is 2. The predicted molar refractivity (Wildman–Crippen MR) is 135 cm³/mol. The highest BCUT2D eigenvalue weighted by molar-refractivity contribution is 14.1. The largest absolute Gasteiger partial charge is 0.494 e. The Kier molecular flexibility index (Phi) is 7.25. The van der Waals surface area contributed by atoms with Gasteiger partial charge in [-0.3, -0.25) is 14.9 Å². The van der Waals surface area contributed by atoms with Gasteiger partial charge < -0.3 is 4.74 Å². The molecule has 1 saturated heterocycles. The van der Waals surface area contributed by atoms with E-state index in [-0.39, 0.29) is 17.1 Å². The molecule has 0 saturated carbocycles. The van der Waals surface area contributed by atoms with E-state index >= 15 is 0 Å². The van der Waals surface area contributed by atoms with Gasteiger partial charge in [0.2, 0.25) is 0 Å². The van der Waals surface area contributed by atoms with Crippen molar-refractivity contribution in [1.29, 1.82) is 0 Å². The van der Waals surface area contributed by atoms with E-state index in [2.05, 4.69) is 27.9 Å². The summed E-state index contributed by atoms with van der Waals surface area (Å²) >= 11 is 2.11. The summed E-state index contributed by atoms with van der Waals surface area (Å²) in [7, 11) is 0. The van der Waals surface area contributed by atoms with Crippen molar-refractivity contribution < 1.29 is 27.9 Å². The van der Waals surface area contributed by atoms with Gasteiger partial charge >= 0.3 is 6.03 Å². The van der Waals surface area contributed by atoms with Crippen molar-refractivity contribution in [2.45, 2.75) is 13.3 Å². The first-order valence-electron chi connectivity index (χ1n) is 10.6. The zero-order chi connectivity index (χ0) is 25.1. The lowest BCUT2D eigenvalue weighted by molar-refractivity contribution is -0.122. The van der Waals surface area contributed by atoms with Crippen LogP contribution in [0.5, 0.6) is 5.75 Å². The van der Waals surface area contributed by atoms with Crippen LogP contribution in [0.3, 0.4) is 0 Å². The Balaban J connectivity index is 1.73. The number of carbonyl (C=O) groups excluding carboxylic acids is 3. The Morgan fingerprint density at radius 2 is 1.80 bits per heavy atom. The molecule has 0 spiro atoms. The highest BCUT2D eigenvalue weighted by atomic mass is 127. The lowest BCUT2D eigenvalue weighted by Crippen LogP contribution is -2.54. The molecule has 1 aliphatic heterocycles. The molecule has 9 heteroatoms. The topological polar surface area (TPSA) is 75.7 Å². The minimum absolute atomic E-state index is 0.261. The molecular weight excluding hydrogens is 569 g/mol. The van der Waals surface area contributed by atoms with Crippen molar-refractivity contribution in [1.82, 2.24) is 5.32 Å². The van der Waals surface area contributed by atoms with Crippen LogP contribution in [0.25, 0.3) is 6.08 Å². The monoisotopic (exact) mass is 588 g/mol. The number of para-hydroxylation sites is 1. The number of benzene rings is 3. The molecule has 4 amide bonds. The lowest BCUT2D eigenvalue weighted by atomic mass is 10.0. The molecule has 6 nitrogen and oxygen atoms in total. The summed E-state index contributed by atoms with van der Waals surface area (Å²) in [5.74, 6) is -2.43. The van der Waals surface area contributed by atoms with E-state index in [4.69, 9.17) is 4.74 Å². The summed E-state index contributed by atoms with van der Waals surface area (Å²) in [5.41, 5.74) is 1.47. The number of nitrogens with zero attached hydrogens (tertiary/aromatic N) is 1. The van der Waals surface area contributed by atoms with Crippen LogP contribution in [0.4, 0.5) is 19.3 Å². The number of halogens is 3. The Bertz CT molecular complexity index is 1370. The molecule has 0 aromatic heterocycles. The summed E-state index contributed by atoms with van der Waals surface area (Å²) in [6, 6.07) is 13.9. The van der Waals surface area contributed by atoms with Gasteiger partial charge in [0, 0.05) is 15.6 Å². The Hall–Kier alpha value is -3.60. The summed E-state index contributed by atoms with van der Waals surface area (Å²) in [5, 5.41) is 2.08. The van der Waals surface area contributed by atoms with Crippen LogP contribution in [0.15, 0.2) is 66.2 Å². The number of anilines is 1. The maximum absolute atomic E-state index is 14.3. The maximum Gasteiger partial charge on any atom is 0.336 e. The highest BCUT2D eigenvalue weighted by Gasteiger charge is 2.38. The van der Waals surface area contributed by atoms with Gasteiger partial charge in [0.1, 0.15) is 23.0 Å². The highest BCUT2D eigenvalue weighted by Crippen LogP contribution is 2.31. The normalized spacial score (nSPS) is 14.9. The quantitative estimate of drug-likeness (QED) is 0.243. The molecule has 1 N–H and O–H groups in total. The zero-order valence-electron chi connectivity index (χ0n) is 18.5. The molecule has 1 fully saturated rings. The third-order valence-corrected chi connectivity index (χ3v) is 6.22. The molecule has 178 valence electrons. The van der Waals surface area contributed by atoms with Gasteiger partial charge in [0.05, 0.1) is 12.3 Å². The smallest absolute Gasteiger partial charge is 0.336 e. The SMILES string of the molecule is CCOc1cc(/C=C2/C(=O)NC(=O)N(c3ccccc3F)C2=O)cc(I)c1Cc1cccc(F)c1. The molecule has 0 unspecified atom stereocenters. The van der Waals surface area contributed by atoms with Crippen LogP contribution in [-0.4, -0.2) is 24.5 Å². The van der Waals surface area contributed by atoms with Crippen LogP contribution >= 0.6 is 22.6 Å². The van der Waals surface area contributed by atoms with Gasteiger partial charge in [-0.2, -0.15) is 0 Å². The Labute approximate surface area is 213 Å². The van der Waals surface area contributed by atoms with Crippen molar-refractivity contribution >= 4 is 52.2 Å². The molecule has 0 aliphatic carbocycles. The van der Waals surface area contributed by atoms with Crippen molar-refractivity contribution in [2.24, 2.45) is 0 Å². The Morgan fingerprint density at radius 1 is 1.03 bits per heavy atom. The van der Waals surface area contributed by atoms with E-state index in [1.165, 1.54) is 36.4 Å². The number of ether oxygens (including phenoxy) is 1. The second-order valence-electron chi connectivity index (χ2n) is 7.63. The zero-order valence-corrected chi connectivity index (χ0v) is 20.6. The average molecular weight is 588 g/mol. The van der Waals surface area contributed by atoms with Crippen molar-refractivity contribution in [3.05, 3.63) is 98.1 Å². The van der Waals surface area contributed by atoms with Crippen molar-refractivity contribution in [2.75, 3.05) is 11.5 Å². The van der Waals surface area contributed by atoms with Gasteiger partial charge in [0.25, 0.3) is 11.8 Å². The first-order valence-corrected chi connectivity index (χ1v) is 11.7. The van der Waals surface area contributed by atoms with Gasteiger partial charge in [0.15, 0.2) is 0 Å². The summed E-state index contributed by atoms with van der Waals surface area (Å²) in [6.07, 6.45) is 1.74. The molecular formula is C26H19F2IN2O4. The molecule has 3 aromatic carbocycles. The van der Waals surface area contributed by atoms with Crippen molar-refractivity contribution in [3.63, 3.8) is 0 Å². The second-order valence-corrected chi connectivity index (χ2v) is 8.79. The van der Waals surface area contributed by atoms with Crippen LogP contribution in [-0.2, 0) is 16.0 Å². The number of amides is 4. The van der Waals surface area contributed by atoms with Gasteiger partial charge in [-0.05, 0) is 83.1 Å². The second kappa shape index (κ2) is 10.3. The van der Waals surface area contributed by atoms with E-state index < -0.39 is 23.7 Å². The number of urea groups is 1. The fraction of sp³-hybridized carbons (Fsp3) is 0.115. The fourth-order valence-corrected chi connectivity index (χ4v) is 4.51. The van der Waals surface area contributed by atoms with Crippen LogP contribution in [0, 0.1) is 15.2 Å². The predicted octanol–water partition coefficient (Wildman–Crippen LogP) is 5.23. The average Bonchev–Trinajstić information content (AvgIpc) is 2.80. The number of nitrogens with one attached hydrogen (secondary N) is 1. The molecule has 35 heavy (non-hydrogen) atoms. The fourth-order valence-electron chi connectivity index (χ4n) is 3.70. The maximum atomic E-state index is 14.3. The molecule has 1 aliphatic rings. The molecule has 1 heterocycles. The Morgan fingerprint density at radius 3 is 2.51 bits per heavy atom. The molecule has 0 atom stereocenters. The number of rotatable bonds is 6. The van der Waals surface area contributed by atoms with Crippen LogP contribution < -0.4 is 15.0 Å². The number of barbiturate groups is 1. The van der Waals surface area contributed by atoms with E-state index in [1.54, 1.807) is 18.2 Å². The van der Waals surface area contributed by atoms with Gasteiger partial charge in [-0.15, -0.1) is 0 Å². The number of hydrogen-bond donors (Lipinski definition) is 1. The summed E-state index contributed by atoms with van der Waals surface area (Å²) in [6.45, 7) is 2.18. The third kappa shape index (κ3) is 5.24. The van der Waals surface area contributed by atoms with Crippen LogP contribution in [0.2, 0.25) is 0 Å². The minimum Gasteiger partial charge on any atom is -0.494 e. The molecule has 0 radical (unpaired) electrons. The first-order chi connectivity index (χ1) is 16.8. The summed E-state index contributed by atoms with van der Waals surface area (Å²) < 4.78 is 34.5. The lowest BCUT2D eigenvalue weighted by Gasteiger charge is -2.26. The first kappa shape index (κ1) is 24.5. The number of hydrogen-bond acceptors (Lipinski definition) is 4. The van der Waals surface area contributed by atoms with E-state index in [1.807, 2.05) is 13.0 Å². The van der Waals surface area contributed by atoms with Gasteiger partial charge in [-0.1, -0.05) is 24.3 Å². The van der Waals surface area contributed by atoms with Crippen molar-refractivity contribution in [3.8, 4) is 5.75 Å². The number of carbonyl (C=O) groups is 3. The molecule has 0 bridgehead atoms. The van der Waals surface area contributed by atoms with E-state index in [0.717, 1.165) is 20.8 Å². The molecule has 4 rings (SSSR count). The molecule has 3 aromatic rings. The van der Waals surface area contributed by atoms with Crippen LogP contribution in [0.1, 0.15) is 23.6 Å². The van der Waals surface area contributed by atoms with Gasteiger partial charge in [-0.25, -0.2) is 18.5 Å². The van der Waals surface area contributed by atoms with E-state index in [0.29, 0.717) is 29.2 Å².